The predicted molar refractivity (Wildman–Crippen MR) is 136 cm³/mol. The number of pyridine rings is 1. The molecule has 0 radical (unpaired) electrons. The zero-order valence-corrected chi connectivity index (χ0v) is 22.5. The number of hydrogen-bond donors (Lipinski definition) is 3. The van der Waals surface area contributed by atoms with Crippen LogP contribution in [0.25, 0.3) is 11.3 Å². The first-order chi connectivity index (χ1) is 18.2. The molecule has 1 fully saturated rings. The summed E-state index contributed by atoms with van der Waals surface area (Å²) in [6.45, 7) is -0.496. The predicted octanol–water partition coefficient (Wildman–Crippen LogP) is 3.31. The molecule has 1 aliphatic rings. The molecule has 0 spiro atoms. The second kappa shape index (κ2) is 11.0. The fraction of sp³-hybridized carbons (Fsp3) is 0.304. The van der Waals surface area contributed by atoms with Crippen LogP contribution >= 0.6 is 39.9 Å². The van der Waals surface area contributed by atoms with Crippen LogP contribution in [0.1, 0.15) is 10.4 Å². The van der Waals surface area contributed by atoms with Gasteiger partial charge in [-0.25, -0.2) is 17.9 Å². The van der Waals surface area contributed by atoms with Crippen LogP contribution in [0.5, 0.6) is 0 Å². The van der Waals surface area contributed by atoms with Gasteiger partial charge >= 0.3 is 0 Å². The molecule has 0 aliphatic carbocycles. The Balaban J connectivity index is 1.70. The summed E-state index contributed by atoms with van der Waals surface area (Å²) >= 11 is 9.33. The molecule has 5 rings (SSSR count). The molecule has 4 heterocycles. The number of aromatic nitrogens is 5. The Kier molecular flexibility index (Phi) is 7.86. The molecule has 3 aromatic heterocycles. The van der Waals surface area contributed by atoms with Crippen molar-refractivity contribution in [3.8, 4) is 11.3 Å². The van der Waals surface area contributed by atoms with Gasteiger partial charge in [0.1, 0.15) is 35.0 Å². The third kappa shape index (κ3) is 4.76. The molecule has 0 saturated carbocycles. The molecular weight excluding hydrogens is 611 g/mol. The van der Waals surface area contributed by atoms with Crippen molar-refractivity contribution >= 4 is 39.9 Å². The summed E-state index contributed by atoms with van der Waals surface area (Å²) < 4.78 is 55.4. The van der Waals surface area contributed by atoms with E-state index in [9.17, 15) is 23.4 Å². The van der Waals surface area contributed by atoms with Crippen LogP contribution in [0, 0.1) is 17.5 Å². The Morgan fingerprint density at radius 2 is 1.92 bits per heavy atom. The first-order valence-electron chi connectivity index (χ1n) is 11.1. The smallest absolute Gasteiger partial charge is 0.194 e. The number of aliphatic hydroxyl groups is 2. The Hall–Kier alpha value is -2.40. The Labute approximate surface area is 231 Å². The summed E-state index contributed by atoms with van der Waals surface area (Å²) in [7, 11) is 0. The SMILES string of the molecule is OC[C@@H]1O[C@@H](S)[C@@H](OCc2cncs2)[C@](c2cncc(Br)c2)(n2cc(-c3cc(F)c(F)c(F)c3)nn2)[C@@H]1O. The lowest BCUT2D eigenvalue weighted by molar-refractivity contribution is -0.222. The van der Waals surface area contributed by atoms with E-state index in [2.05, 4.69) is 48.8 Å². The van der Waals surface area contributed by atoms with E-state index in [1.807, 2.05) is 0 Å². The molecule has 4 aromatic rings. The van der Waals surface area contributed by atoms with E-state index in [1.54, 1.807) is 17.8 Å². The van der Waals surface area contributed by atoms with Gasteiger partial charge in [0.15, 0.2) is 17.5 Å². The van der Waals surface area contributed by atoms with Crippen molar-refractivity contribution in [2.45, 2.75) is 35.9 Å². The second-order valence-electron chi connectivity index (χ2n) is 8.41. The van der Waals surface area contributed by atoms with Crippen molar-refractivity contribution in [2.75, 3.05) is 6.61 Å². The highest BCUT2D eigenvalue weighted by molar-refractivity contribution is 9.10. The van der Waals surface area contributed by atoms with Crippen molar-refractivity contribution in [2.24, 2.45) is 0 Å². The number of rotatable bonds is 7. The second-order valence-corrected chi connectivity index (χ2v) is 10.8. The zero-order valence-electron chi connectivity index (χ0n) is 19.2. The Bertz CT molecular complexity index is 1410. The van der Waals surface area contributed by atoms with Crippen LogP contribution in [0.15, 0.2) is 53.0 Å². The molecule has 0 amide bonds. The zero-order chi connectivity index (χ0) is 27.0. The summed E-state index contributed by atoms with van der Waals surface area (Å²) in [4.78, 5) is 9.05. The van der Waals surface area contributed by atoms with Gasteiger partial charge in [-0.05, 0) is 34.1 Å². The highest BCUT2D eigenvalue weighted by atomic mass is 79.9. The first-order valence-corrected chi connectivity index (χ1v) is 13.2. The van der Waals surface area contributed by atoms with Gasteiger partial charge in [0.2, 0.25) is 0 Å². The van der Waals surface area contributed by atoms with Crippen molar-refractivity contribution in [3.63, 3.8) is 0 Å². The van der Waals surface area contributed by atoms with E-state index in [0.717, 1.165) is 17.0 Å². The average Bonchev–Trinajstić information content (AvgIpc) is 3.60. The normalized spacial score (nSPS) is 25.6. The number of halogens is 4. The minimum absolute atomic E-state index is 0.0127. The van der Waals surface area contributed by atoms with Gasteiger partial charge in [0.25, 0.3) is 0 Å². The largest absolute Gasteiger partial charge is 0.394 e. The van der Waals surface area contributed by atoms with Gasteiger partial charge in [-0.2, -0.15) is 0 Å². The quantitative estimate of drug-likeness (QED) is 0.211. The third-order valence-corrected chi connectivity index (χ3v) is 7.78. The van der Waals surface area contributed by atoms with Crippen LogP contribution < -0.4 is 0 Å². The topological polar surface area (TPSA) is 115 Å². The van der Waals surface area contributed by atoms with E-state index in [1.165, 1.54) is 34.6 Å². The number of aliphatic hydroxyl groups excluding tert-OH is 2. The van der Waals surface area contributed by atoms with Gasteiger partial charge in [0.05, 0.1) is 29.8 Å². The lowest BCUT2D eigenvalue weighted by Gasteiger charge is -2.51. The molecule has 15 heteroatoms. The number of hydrogen-bond acceptors (Lipinski definition) is 10. The van der Waals surface area contributed by atoms with E-state index in [-0.39, 0.29) is 17.9 Å². The number of nitrogens with zero attached hydrogens (tertiary/aromatic N) is 5. The highest BCUT2D eigenvalue weighted by Gasteiger charge is 2.59. The molecule has 5 atom stereocenters. The number of thiol groups is 1. The highest BCUT2D eigenvalue weighted by Crippen LogP contribution is 2.45. The van der Waals surface area contributed by atoms with Gasteiger partial charge in [0, 0.05) is 34.2 Å². The van der Waals surface area contributed by atoms with Crippen LogP contribution in [-0.2, 0) is 21.6 Å². The van der Waals surface area contributed by atoms with Crippen LogP contribution in [0.4, 0.5) is 13.2 Å². The molecule has 9 nitrogen and oxygen atoms in total. The van der Waals surface area contributed by atoms with Gasteiger partial charge in [-0.15, -0.1) is 29.1 Å². The lowest BCUT2D eigenvalue weighted by atomic mass is 9.76. The molecule has 200 valence electrons. The molecule has 38 heavy (non-hydrogen) atoms. The maximum absolute atomic E-state index is 14.0. The van der Waals surface area contributed by atoms with Gasteiger partial charge in [-0.3, -0.25) is 9.97 Å². The molecule has 1 saturated heterocycles. The van der Waals surface area contributed by atoms with E-state index < -0.39 is 53.3 Å². The maximum atomic E-state index is 14.0. The van der Waals surface area contributed by atoms with Crippen molar-refractivity contribution in [3.05, 3.63) is 80.9 Å². The minimum atomic E-state index is -1.65. The Morgan fingerprint density at radius 1 is 1.16 bits per heavy atom. The van der Waals surface area contributed by atoms with Gasteiger partial charge in [-0.1, -0.05) is 5.21 Å². The Morgan fingerprint density at radius 3 is 2.58 bits per heavy atom. The van der Waals surface area contributed by atoms with Crippen molar-refractivity contribution in [1.82, 2.24) is 25.0 Å². The maximum Gasteiger partial charge on any atom is 0.194 e. The molecular formula is C23H19BrF3N5O4S2. The van der Waals surface area contributed by atoms with Crippen molar-refractivity contribution < 1.29 is 32.9 Å². The monoisotopic (exact) mass is 629 g/mol. The fourth-order valence-corrected chi connectivity index (χ4v) is 5.83. The number of thiazole rings is 1. The molecule has 1 aliphatic heterocycles. The minimum Gasteiger partial charge on any atom is -0.394 e. The third-order valence-electron chi connectivity index (χ3n) is 6.20. The van der Waals surface area contributed by atoms with E-state index in [4.69, 9.17) is 9.47 Å². The lowest BCUT2D eigenvalue weighted by Crippen LogP contribution is -2.68. The van der Waals surface area contributed by atoms with Gasteiger partial charge < -0.3 is 19.7 Å². The van der Waals surface area contributed by atoms with Crippen LogP contribution in [0.3, 0.4) is 0 Å². The summed E-state index contributed by atoms with van der Waals surface area (Å²) in [6.07, 6.45) is 2.30. The van der Waals surface area contributed by atoms with Crippen LogP contribution in [-0.4, -0.2) is 65.5 Å². The van der Waals surface area contributed by atoms with E-state index >= 15 is 0 Å². The molecule has 0 unspecified atom stereocenters. The summed E-state index contributed by atoms with van der Waals surface area (Å²) in [5.41, 5.74) is -0.706. The summed E-state index contributed by atoms with van der Waals surface area (Å²) in [5, 5.41) is 30.0. The summed E-state index contributed by atoms with van der Waals surface area (Å²) in [6, 6.07) is 3.25. The standard InChI is InChI=1S/C23H19BrF3N5O4S2/c24-13-3-12(4-28-5-13)23(32-7-17(30-31-32)11-1-15(25)19(27)16(26)2-11)20(34)18(8-33)36-22(37)21(23)35-9-14-6-29-10-38-14/h1-7,10,18,20-22,33-34,37H,8-9H2/t18-,20+,21+,22-,23+/m0/s1. The number of benzene rings is 1. The molecule has 2 N–H and O–H groups in total. The molecule has 0 bridgehead atoms. The average molecular weight is 630 g/mol. The van der Waals surface area contributed by atoms with E-state index in [0.29, 0.717) is 10.0 Å². The van der Waals surface area contributed by atoms with Crippen LogP contribution in [0.2, 0.25) is 0 Å². The van der Waals surface area contributed by atoms with Crippen molar-refractivity contribution in [1.29, 1.82) is 0 Å². The molecule has 1 aromatic carbocycles. The first kappa shape index (κ1) is 27.2. The fourth-order valence-electron chi connectivity index (χ4n) is 4.48. The number of ether oxygens (including phenoxy) is 2. The summed E-state index contributed by atoms with van der Waals surface area (Å²) in [5.74, 6) is -4.40.